The molecule has 0 aliphatic rings. The van der Waals surface area contributed by atoms with E-state index in [-0.39, 0.29) is 18.5 Å². The molecule has 2 rings (SSSR count). The van der Waals surface area contributed by atoms with Crippen LogP contribution in [0.1, 0.15) is 24.1 Å². The van der Waals surface area contributed by atoms with Crippen LogP contribution in [0.4, 0.5) is 4.39 Å². The third-order valence-electron chi connectivity index (χ3n) is 2.88. The normalized spacial score (nSPS) is 12.2. The number of hydrogen-bond acceptors (Lipinski definition) is 2. The molecule has 2 nitrogen and oxygen atoms in total. The second kappa shape index (κ2) is 6.70. The molecular weight excluding hydrogens is 389 g/mol. The maximum Gasteiger partial charge on any atom is 0.137 e. The quantitative estimate of drug-likeness (QED) is 0.785. The lowest BCUT2D eigenvalue weighted by Crippen LogP contribution is -2.08. The molecule has 0 spiro atoms. The summed E-state index contributed by atoms with van der Waals surface area (Å²) in [6.45, 7) is 2.17. The zero-order chi connectivity index (χ0) is 14.7. The monoisotopic (exact) mass is 401 g/mol. The van der Waals surface area contributed by atoms with Gasteiger partial charge >= 0.3 is 0 Å². The van der Waals surface area contributed by atoms with Gasteiger partial charge in [-0.05, 0) is 41.1 Å². The minimum atomic E-state index is -0.298. The Morgan fingerprint density at radius 1 is 1.25 bits per heavy atom. The molecule has 0 unspecified atom stereocenters. The Bertz CT molecular complexity index is 617. The molecule has 2 N–H and O–H groups in total. The highest BCUT2D eigenvalue weighted by Gasteiger charge is 2.11. The minimum absolute atomic E-state index is 0.131. The Hall–Kier alpha value is -0.910. The van der Waals surface area contributed by atoms with E-state index in [4.69, 9.17) is 10.5 Å². The molecule has 0 saturated carbocycles. The van der Waals surface area contributed by atoms with Crippen molar-refractivity contribution in [3.8, 4) is 5.75 Å². The van der Waals surface area contributed by atoms with Crippen molar-refractivity contribution in [2.24, 2.45) is 5.73 Å². The Kier molecular flexibility index (Phi) is 5.18. The zero-order valence-electron chi connectivity index (χ0n) is 10.9. The summed E-state index contributed by atoms with van der Waals surface area (Å²) in [5, 5.41) is 0. The summed E-state index contributed by atoms with van der Waals surface area (Å²) < 4.78 is 20.6. The first-order valence-electron chi connectivity index (χ1n) is 6.09. The van der Waals surface area contributed by atoms with Gasteiger partial charge in [0.15, 0.2) is 0 Å². The van der Waals surface area contributed by atoms with E-state index >= 15 is 0 Å². The average Bonchev–Trinajstić information content (AvgIpc) is 2.40. The fourth-order valence-electron chi connectivity index (χ4n) is 1.82. The van der Waals surface area contributed by atoms with Crippen molar-refractivity contribution in [2.45, 2.75) is 19.6 Å². The van der Waals surface area contributed by atoms with Crippen LogP contribution in [0.3, 0.4) is 0 Å². The van der Waals surface area contributed by atoms with Gasteiger partial charge < -0.3 is 10.5 Å². The lowest BCUT2D eigenvalue weighted by Gasteiger charge is -2.15. The number of halogens is 3. The standard InChI is InChI=1S/C15H14Br2FNO/c1-9(19)12-6-5-11(16)7-14(12)20-8-10-3-2-4-13(18)15(10)17/h2-7,9H,8,19H2,1H3/t9-/m0/s1. The Morgan fingerprint density at radius 3 is 2.70 bits per heavy atom. The first kappa shape index (κ1) is 15.5. The summed E-state index contributed by atoms with van der Waals surface area (Å²) >= 11 is 6.63. The largest absolute Gasteiger partial charge is 0.488 e. The first-order valence-corrected chi connectivity index (χ1v) is 7.68. The lowest BCUT2D eigenvalue weighted by atomic mass is 10.1. The van der Waals surface area contributed by atoms with Gasteiger partial charge in [-0.3, -0.25) is 0 Å². The second-order valence-corrected chi connectivity index (χ2v) is 6.18. The maximum atomic E-state index is 13.4. The molecule has 0 saturated heterocycles. The van der Waals surface area contributed by atoms with Gasteiger partial charge in [0.05, 0.1) is 4.47 Å². The summed E-state index contributed by atoms with van der Waals surface area (Å²) in [6.07, 6.45) is 0. The van der Waals surface area contributed by atoms with E-state index in [0.717, 1.165) is 15.6 Å². The molecule has 0 fully saturated rings. The molecule has 2 aromatic rings. The zero-order valence-corrected chi connectivity index (χ0v) is 14.0. The van der Waals surface area contributed by atoms with Gasteiger partial charge in [-0.25, -0.2) is 4.39 Å². The Balaban J connectivity index is 2.22. The SMILES string of the molecule is C[C@H](N)c1ccc(Br)cc1OCc1cccc(F)c1Br. The predicted molar refractivity (Wildman–Crippen MR) is 85.2 cm³/mol. The topological polar surface area (TPSA) is 35.2 Å². The van der Waals surface area contributed by atoms with Crippen LogP contribution < -0.4 is 10.5 Å². The van der Waals surface area contributed by atoms with Crippen LogP contribution >= 0.6 is 31.9 Å². The Labute approximate surface area is 134 Å². The summed E-state index contributed by atoms with van der Waals surface area (Å²) in [6, 6.07) is 10.5. The second-order valence-electron chi connectivity index (χ2n) is 4.47. The fraction of sp³-hybridized carbons (Fsp3) is 0.200. The van der Waals surface area contributed by atoms with E-state index < -0.39 is 0 Å². The molecule has 1 atom stereocenters. The molecule has 2 aromatic carbocycles. The summed E-state index contributed by atoms with van der Waals surface area (Å²) in [5.74, 6) is 0.401. The van der Waals surface area contributed by atoms with Crippen molar-refractivity contribution in [3.63, 3.8) is 0 Å². The van der Waals surface area contributed by atoms with Gasteiger partial charge in [-0.2, -0.15) is 0 Å². The van der Waals surface area contributed by atoms with E-state index in [1.807, 2.05) is 31.2 Å². The van der Waals surface area contributed by atoms with Gasteiger partial charge in [0, 0.05) is 21.6 Å². The van der Waals surface area contributed by atoms with E-state index in [2.05, 4.69) is 31.9 Å². The van der Waals surface area contributed by atoms with Gasteiger partial charge in [-0.15, -0.1) is 0 Å². The highest BCUT2D eigenvalue weighted by atomic mass is 79.9. The molecule has 0 bridgehead atoms. The van der Waals surface area contributed by atoms with Crippen LogP contribution in [0.5, 0.6) is 5.75 Å². The van der Waals surface area contributed by atoms with Crippen LogP contribution in [0.2, 0.25) is 0 Å². The van der Waals surface area contributed by atoms with Gasteiger partial charge in [0.25, 0.3) is 0 Å². The van der Waals surface area contributed by atoms with Crippen molar-refractivity contribution in [2.75, 3.05) is 0 Å². The molecule has 0 amide bonds. The molecule has 0 aliphatic carbocycles. The lowest BCUT2D eigenvalue weighted by molar-refractivity contribution is 0.300. The summed E-state index contributed by atoms with van der Waals surface area (Å²) in [5.41, 5.74) is 7.59. The smallest absolute Gasteiger partial charge is 0.137 e. The van der Waals surface area contributed by atoms with Crippen LogP contribution in [0, 0.1) is 5.82 Å². The van der Waals surface area contributed by atoms with Gasteiger partial charge in [0.2, 0.25) is 0 Å². The molecule has 0 radical (unpaired) electrons. The van der Waals surface area contributed by atoms with Gasteiger partial charge in [-0.1, -0.05) is 34.1 Å². The molecule has 20 heavy (non-hydrogen) atoms. The van der Waals surface area contributed by atoms with Crippen LogP contribution in [0.15, 0.2) is 45.3 Å². The van der Waals surface area contributed by atoms with Crippen molar-refractivity contribution < 1.29 is 9.13 Å². The number of hydrogen-bond donors (Lipinski definition) is 1. The number of nitrogens with two attached hydrogens (primary N) is 1. The molecular formula is C15H14Br2FNO. The fourth-order valence-corrected chi connectivity index (χ4v) is 2.54. The van der Waals surface area contributed by atoms with Crippen LogP contribution in [-0.4, -0.2) is 0 Å². The van der Waals surface area contributed by atoms with E-state index in [1.54, 1.807) is 6.07 Å². The highest BCUT2D eigenvalue weighted by Crippen LogP contribution is 2.29. The van der Waals surface area contributed by atoms with Crippen molar-refractivity contribution in [1.82, 2.24) is 0 Å². The molecule has 0 heterocycles. The van der Waals surface area contributed by atoms with Crippen LogP contribution in [-0.2, 0) is 6.61 Å². The van der Waals surface area contributed by atoms with Crippen molar-refractivity contribution in [1.29, 1.82) is 0 Å². The van der Waals surface area contributed by atoms with E-state index in [9.17, 15) is 4.39 Å². The summed E-state index contributed by atoms with van der Waals surface area (Å²) in [7, 11) is 0. The molecule has 0 aromatic heterocycles. The number of benzene rings is 2. The third kappa shape index (κ3) is 3.59. The first-order chi connectivity index (χ1) is 9.49. The van der Waals surface area contributed by atoms with Gasteiger partial charge in [0.1, 0.15) is 18.2 Å². The number of ether oxygens (including phenoxy) is 1. The molecule has 5 heteroatoms. The third-order valence-corrected chi connectivity index (χ3v) is 4.26. The summed E-state index contributed by atoms with van der Waals surface area (Å²) in [4.78, 5) is 0. The highest BCUT2D eigenvalue weighted by molar-refractivity contribution is 9.10. The molecule has 0 aliphatic heterocycles. The molecule has 106 valence electrons. The van der Waals surface area contributed by atoms with E-state index in [1.165, 1.54) is 6.07 Å². The average molecular weight is 403 g/mol. The Morgan fingerprint density at radius 2 is 2.00 bits per heavy atom. The van der Waals surface area contributed by atoms with Crippen LogP contribution in [0.25, 0.3) is 0 Å². The predicted octanol–water partition coefficient (Wildman–Crippen LogP) is 4.95. The maximum absolute atomic E-state index is 13.4. The number of rotatable bonds is 4. The minimum Gasteiger partial charge on any atom is -0.488 e. The van der Waals surface area contributed by atoms with Crippen molar-refractivity contribution in [3.05, 3.63) is 62.3 Å². The van der Waals surface area contributed by atoms with Crippen molar-refractivity contribution >= 4 is 31.9 Å². The van der Waals surface area contributed by atoms with E-state index in [0.29, 0.717) is 10.2 Å².